The van der Waals surface area contributed by atoms with Gasteiger partial charge >= 0.3 is 0 Å². The van der Waals surface area contributed by atoms with E-state index in [9.17, 15) is 0 Å². The average Bonchev–Trinajstić information content (AvgIpc) is 3.19. The van der Waals surface area contributed by atoms with Gasteiger partial charge in [-0.05, 0) is 28.8 Å². The van der Waals surface area contributed by atoms with Gasteiger partial charge in [0.1, 0.15) is 0 Å². The molecule has 0 atom stereocenters. The molecular formula is C20H16N3P. The molecule has 0 unspecified atom stereocenters. The van der Waals surface area contributed by atoms with Crippen LogP contribution < -0.4 is 16.0 Å². The Labute approximate surface area is 142 Å². The van der Waals surface area contributed by atoms with Crippen molar-refractivity contribution < 1.29 is 0 Å². The van der Waals surface area contributed by atoms with E-state index >= 15 is 0 Å². The Morgan fingerprint density at radius 2 is 1.33 bits per heavy atom. The van der Waals surface area contributed by atoms with E-state index in [1.165, 1.54) is 10.6 Å². The molecule has 0 saturated carbocycles. The largest absolute Gasteiger partial charge is 0.228 e. The summed E-state index contributed by atoms with van der Waals surface area (Å²) in [7, 11) is -0.690. The van der Waals surface area contributed by atoms with Crippen LogP contribution in [-0.2, 0) is 0 Å². The van der Waals surface area contributed by atoms with Crippen LogP contribution in [0.1, 0.15) is 0 Å². The number of hydrogen-bond acceptors (Lipinski definition) is 2. The zero-order valence-corrected chi connectivity index (χ0v) is 13.9. The Hall–Kier alpha value is -2.77. The second kappa shape index (κ2) is 6.77. The Bertz CT molecular complexity index is 867. The van der Waals surface area contributed by atoms with Crippen molar-refractivity contribution in [2.24, 2.45) is 0 Å². The molecule has 24 heavy (non-hydrogen) atoms. The van der Waals surface area contributed by atoms with Crippen molar-refractivity contribution in [3.05, 3.63) is 97.3 Å². The molecule has 0 aliphatic carbocycles. The van der Waals surface area contributed by atoms with E-state index in [2.05, 4.69) is 77.9 Å². The predicted molar refractivity (Wildman–Crippen MR) is 100 cm³/mol. The van der Waals surface area contributed by atoms with E-state index in [4.69, 9.17) is 4.98 Å². The number of rotatable bonds is 4. The summed E-state index contributed by atoms with van der Waals surface area (Å²) in [5.41, 5.74) is 1.08. The molecular weight excluding hydrogens is 313 g/mol. The molecule has 0 saturated heterocycles. The van der Waals surface area contributed by atoms with Crippen molar-refractivity contribution in [2.45, 2.75) is 0 Å². The summed E-state index contributed by atoms with van der Waals surface area (Å²) in [6.07, 6.45) is 3.69. The summed E-state index contributed by atoms with van der Waals surface area (Å²) in [6.45, 7) is 0. The van der Waals surface area contributed by atoms with Crippen molar-refractivity contribution in [3.63, 3.8) is 0 Å². The van der Waals surface area contributed by atoms with Crippen LogP contribution >= 0.6 is 7.92 Å². The van der Waals surface area contributed by atoms with Gasteiger partial charge in [0.2, 0.25) is 0 Å². The second-order valence-corrected chi connectivity index (χ2v) is 7.47. The van der Waals surface area contributed by atoms with E-state index in [0.717, 1.165) is 11.3 Å². The molecule has 2 heterocycles. The first-order chi connectivity index (χ1) is 11.9. The summed E-state index contributed by atoms with van der Waals surface area (Å²) in [5, 5.41) is 6.88. The van der Waals surface area contributed by atoms with Crippen LogP contribution in [-0.4, -0.2) is 14.8 Å². The summed E-state index contributed by atoms with van der Waals surface area (Å²) in [5.74, 6) is 0.844. The topological polar surface area (TPSA) is 30.7 Å². The molecule has 4 heteroatoms. The minimum absolute atomic E-state index is 0.690. The van der Waals surface area contributed by atoms with E-state index in [0.29, 0.717) is 0 Å². The quantitative estimate of drug-likeness (QED) is 0.539. The molecule has 2 aromatic carbocycles. The van der Waals surface area contributed by atoms with Gasteiger partial charge in [0.25, 0.3) is 0 Å². The molecule has 0 fully saturated rings. The third-order valence-corrected chi connectivity index (χ3v) is 6.05. The fourth-order valence-corrected chi connectivity index (χ4v) is 4.84. The average molecular weight is 329 g/mol. The van der Waals surface area contributed by atoms with E-state index in [1.807, 2.05) is 18.3 Å². The first-order valence-electron chi connectivity index (χ1n) is 7.79. The fraction of sp³-hybridized carbons (Fsp3) is 0. The number of hydrogen-bond donors (Lipinski definition) is 0. The zero-order chi connectivity index (χ0) is 16.2. The number of nitrogens with zero attached hydrogens (tertiary/aromatic N) is 3. The maximum absolute atomic E-state index is 4.90. The summed E-state index contributed by atoms with van der Waals surface area (Å²) < 4.78 is 1.80. The Kier molecular flexibility index (Phi) is 4.18. The number of benzene rings is 2. The van der Waals surface area contributed by atoms with E-state index < -0.39 is 7.92 Å². The first kappa shape index (κ1) is 14.8. The van der Waals surface area contributed by atoms with E-state index in [-0.39, 0.29) is 0 Å². The van der Waals surface area contributed by atoms with Crippen LogP contribution in [0.3, 0.4) is 0 Å². The highest BCUT2D eigenvalue weighted by atomic mass is 31.1. The highest BCUT2D eigenvalue weighted by Crippen LogP contribution is 2.31. The molecule has 2 aromatic heterocycles. The lowest BCUT2D eigenvalue weighted by Crippen LogP contribution is -2.23. The first-order valence-corrected chi connectivity index (χ1v) is 9.13. The van der Waals surface area contributed by atoms with Gasteiger partial charge in [-0.1, -0.05) is 66.7 Å². The third kappa shape index (κ3) is 2.99. The molecule has 4 rings (SSSR count). The van der Waals surface area contributed by atoms with E-state index in [1.54, 1.807) is 10.9 Å². The van der Waals surface area contributed by atoms with Crippen LogP contribution in [0.4, 0.5) is 0 Å². The van der Waals surface area contributed by atoms with Crippen LogP contribution in [0, 0.1) is 0 Å². The van der Waals surface area contributed by atoms with Crippen molar-refractivity contribution in [3.8, 4) is 5.82 Å². The van der Waals surface area contributed by atoms with Crippen LogP contribution in [0.15, 0.2) is 97.3 Å². The Morgan fingerprint density at radius 3 is 1.92 bits per heavy atom. The smallest absolute Gasteiger partial charge is 0.154 e. The minimum Gasteiger partial charge on any atom is -0.228 e. The molecule has 0 amide bonds. The van der Waals surface area contributed by atoms with Crippen LogP contribution in [0.5, 0.6) is 0 Å². The van der Waals surface area contributed by atoms with Crippen LogP contribution in [0.2, 0.25) is 0 Å². The standard InChI is InChI=1S/C20H16N3P/c1-3-9-17(10-4-1)24(18-11-5-2-6-12-18)20-14-7-13-19(22-20)23-16-8-15-21-23/h1-16H. The third-order valence-electron chi connectivity index (χ3n) is 3.72. The molecule has 0 aliphatic rings. The molecule has 0 N–H and O–H groups in total. The van der Waals surface area contributed by atoms with Gasteiger partial charge in [-0.25, -0.2) is 9.67 Å². The summed E-state index contributed by atoms with van der Waals surface area (Å²) >= 11 is 0. The molecule has 0 bridgehead atoms. The van der Waals surface area contributed by atoms with Crippen LogP contribution in [0.25, 0.3) is 5.82 Å². The summed E-state index contributed by atoms with van der Waals surface area (Å²) in [4.78, 5) is 4.90. The highest BCUT2D eigenvalue weighted by Gasteiger charge is 2.18. The highest BCUT2D eigenvalue weighted by molar-refractivity contribution is 7.79. The monoisotopic (exact) mass is 329 g/mol. The molecule has 116 valence electrons. The molecule has 0 spiro atoms. The predicted octanol–water partition coefficient (Wildman–Crippen LogP) is 3.03. The van der Waals surface area contributed by atoms with Crippen molar-refractivity contribution in [1.82, 2.24) is 14.8 Å². The van der Waals surface area contributed by atoms with Crippen molar-refractivity contribution in [2.75, 3.05) is 0 Å². The lowest BCUT2D eigenvalue weighted by Gasteiger charge is -2.18. The van der Waals surface area contributed by atoms with Gasteiger partial charge in [0, 0.05) is 20.3 Å². The second-order valence-electron chi connectivity index (χ2n) is 5.31. The Morgan fingerprint density at radius 1 is 0.667 bits per heavy atom. The van der Waals surface area contributed by atoms with Gasteiger partial charge in [0.15, 0.2) is 5.82 Å². The maximum atomic E-state index is 4.90. The molecule has 0 radical (unpaired) electrons. The normalized spacial score (nSPS) is 10.9. The SMILES string of the molecule is c1ccc(P(c2ccccc2)c2cccc(-n3cccn3)n2)cc1. The van der Waals surface area contributed by atoms with Crippen molar-refractivity contribution in [1.29, 1.82) is 0 Å². The van der Waals surface area contributed by atoms with Crippen molar-refractivity contribution >= 4 is 24.0 Å². The number of aromatic nitrogens is 3. The van der Waals surface area contributed by atoms with Gasteiger partial charge in [0.05, 0.1) is 5.44 Å². The lowest BCUT2D eigenvalue weighted by atomic mass is 10.4. The zero-order valence-electron chi connectivity index (χ0n) is 13.0. The molecule has 4 aromatic rings. The fourth-order valence-electron chi connectivity index (χ4n) is 2.64. The van der Waals surface area contributed by atoms with Gasteiger partial charge < -0.3 is 0 Å². The van der Waals surface area contributed by atoms with Gasteiger partial charge in [-0.15, -0.1) is 0 Å². The van der Waals surface area contributed by atoms with Gasteiger partial charge in [-0.2, -0.15) is 5.10 Å². The Balaban J connectivity index is 1.84. The molecule has 0 aliphatic heterocycles. The van der Waals surface area contributed by atoms with Gasteiger partial charge in [-0.3, -0.25) is 0 Å². The maximum Gasteiger partial charge on any atom is 0.154 e. The minimum atomic E-state index is -0.690. The lowest BCUT2D eigenvalue weighted by molar-refractivity contribution is 0.851. The molecule has 3 nitrogen and oxygen atoms in total. The summed E-state index contributed by atoms with van der Waals surface area (Å²) in [6, 6.07) is 29.2. The number of pyridine rings is 1.